The van der Waals surface area contributed by atoms with Crippen LogP contribution in [-0.2, 0) is 23.2 Å². The van der Waals surface area contributed by atoms with Crippen molar-refractivity contribution in [2.24, 2.45) is 5.14 Å². The molecule has 13 nitrogen and oxygen atoms in total. The molecule has 0 radical (unpaired) electrons. The Morgan fingerprint density at radius 3 is 2.67 bits per heavy atom. The van der Waals surface area contributed by atoms with Crippen LogP contribution in [0.25, 0.3) is 22.1 Å². The van der Waals surface area contributed by atoms with Crippen molar-refractivity contribution >= 4 is 38.4 Å². The first-order chi connectivity index (χ1) is 22.2. The van der Waals surface area contributed by atoms with Crippen molar-refractivity contribution in [3.63, 3.8) is 0 Å². The number of pyridine rings is 1. The van der Waals surface area contributed by atoms with E-state index in [-0.39, 0.29) is 22.6 Å². The fourth-order valence-electron chi connectivity index (χ4n) is 5.80. The first kappa shape index (κ1) is 29.0. The second-order valence-corrected chi connectivity index (χ2v) is 12.1. The van der Waals surface area contributed by atoms with Gasteiger partial charge in [-0.1, -0.05) is 42.2 Å². The van der Waals surface area contributed by atoms with Gasteiger partial charge in [0.25, 0.3) is 21.7 Å². The van der Waals surface area contributed by atoms with Gasteiger partial charge in [-0.25, -0.2) is 14.6 Å². The van der Waals surface area contributed by atoms with Crippen molar-refractivity contribution in [2.75, 3.05) is 4.72 Å². The Labute approximate surface area is 262 Å². The minimum atomic E-state index is -4.26. The Kier molecular flexibility index (Phi) is 7.11. The molecule has 1 aliphatic rings. The van der Waals surface area contributed by atoms with Crippen LogP contribution in [0.1, 0.15) is 52.3 Å². The van der Waals surface area contributed by atoms with E-state index >= 15 is 0 Å². The maximum Gasteiger partial charge on any atom is 0.297 e. The Balaban J connectivity index is 1.33. The molecule has 2 aromatic carbocycles. The maximum atomic E-state index is 14.4. The lowest BCUT2D eigenvalue weighted by Crippen LogP contribution is -2.33. The highest BCUT2D eigenvalue weighted by Crippen LogP contribution is 2.26. The molecule has 1 atom stereocenters. The van der Waals surface area contributed by atoms with Gasteiger partial charge in [-0.15, -0.1) is 5.10 Å². The van der Waals surface area contributed by atoms with Crippen molar-refractivity contribution in [3.8, 4) is 17.5 Å². The highest BCUT2D eigenvalue weighted by Gasteiger charge is 2.26. The monoisotopic (exact) mass is 633 g/mol. The van der Waals surface area contributed by atoms with Crippen LogP contribution in [-0.4, -0.2) is 43.3 Å². The number of para-hydroxylation sites is 1. The van der Waals surface area contributed by atoms with Crippen LogP contribution in [0, 0.1) is 11.8 Å². The number of carbonyl (C=O) groups excluding carboxylic acids is 1. The molecule has 230 valence electrons. The SMILES string of the molecule is C[C@H](NC(=O)c1c(NS(N)(=O)=O)nn2cccnc12)c1cc2cccc(C#Cc3cnn4c3CCC4)c2c(=O)n1-c1ccccc1. The maximum absolute atomic E-state index is 14.4. The number of fused-ring (bicyclic) bond motifs is 3. The lowest BCUT2D eigenvalue weighted by Gasteiger charge is -2.21. The average molecular weight is 634 g/mol. The molecule has 0 bridgehead atoms. The zero-order chi connectivity index (χ0) is 32.0. The first-order valence-electron chi connectivity index (χ1n) is 14.4. The topological polar surface area (TPSA) is 171 Å². The number of anilines is 1. The molecule has 7 rings (SSSR count). The molecule has 1 amide bonds. The number of nitrogens with two attached hydrogens (primary N) is 1. The van der Waals surface area contributed by atoms with Gasteiger partial charge in [-0.05, 0) is 55.5 Å². The number of amides is 1. The molecule has 0 spiro atoms. The van der Waals surface area contributed by atoms with Gasteiger partial charge in [0.15, 0.2) is 11.5 Å². The summed E-state index contributed by atoms with van der Waals surface area (Å²) in [5.41, 5.74) is 3.29. The number of nitrogens with one attached hydrogen (secondary N) is 2. The van der Waals surface area contributed by atoms with Crippen LogP contribution < -0.4 is 20.7 Å². The van der Waals surface area contributed by atoms with Crippen molar-refractivity contribution < 1.29 is 13.2 Å². The quantitative estimate of drug-likeness (QED) is 0.237. The lowest BCUT2D eigenvalue weighted by molar-refractivity contribution is 0.0941. The number of aromatic nitrogens is 6. The van der Waals surface area contributed by atoms with Crippen molar-refractivity contribution in [1.82, 2.24) is 34.3 Å². The van der Waals surface area contributed by atoms with Gasteiger partial charge in [0.05, 0.1) is 28.9 Å². The minimum Gasteiger partial charge on any atom is -0.344 e. The third-order valence-corrected chi connectivity index (χ3v) is 8.28. The third-order valence-electron chi connectivity index (χ3n) is 7.81. The standard InChI is InChI=1S/C32H27N9O4S/c1-20(36-31(42)28-29(38-46(33,44)45)37-40-17-7-15-34-30(28)40)26-18-22-9-5-8-21(13-14-23-19-35-39-16-6-12-25(23)39)27(22)32(43)41(26)24-10-3-2-4-11-24/h2-5,7-11,15,17-20H,6,12,16H2,1H3,(H,36,42)(H,37,38)(H2,33,44,45)/t20-/m0/s1. The average Bonchev–Trinajstić information content (AvgIpc) is 3.74. The van der Waals surface area contributed by atoms with E-state index in [9.17, 15) is 18.0 Å². The molecule has 0 unspecified atom stereocenters. The smallest absolute Gasteiger partial charge is 0.297 e. The molecule has 0 fully saturated rings. The van der Waals surface area contributed by atoms with E-state index < -0.39 is 22.2 Å². The molecular formula is C32H27N9O4S. The Morgan fingerprint density at radius 2 is 1.87 bits per heavy atom. The van der Waals surface area contributed by atoms with Crippen LogP contribution >= 0.6 is 0 Å². The first-order valence-corrected chi connectivity index (χ1v) is 16.0. The summed E-state index contributed by atoms with van der Waals surface area (Å²) in [5.74, 6) is 5.48. The summed E-state index contributed by atoms with van der Waals surface area (Å²) < 4.78 is 30.6. The van der Waals surface area contributed by atoms with Crippen LogP contribution in [0.15, 0.2) is 84.0 Å². The summed E-state index contributed by atoms with van der Waals surface area (Å²) in [7, 11) is -4.26. The molecular weight excluding hydrogens is 606 g/mol. The molecule has 46 heavy (non-hydrogen) atoms. The molecule has 0 aliphatic carbocycles. The Morgan fingerprint density at radius 1 is 1.07 bits per heavy atom. The summed E-state index contributed by atoms with van der Waals surface area (Å²) in [6.07, 6.45) is 6.69. The normalized spacial score (nSPS) is 13.3. The molecule has 0 saturated heterocycles. The number of benzene rings is 2. The van der Waals surface area contributed by atoms with Gasteiger partial charge in [0, 0.05) is 35.9 Å². The zero-order valence-corrected chi connectivity index (χ0v) is 25.3. The van der Waals surface area contributed by atoms with Gasteiger partial charge in [0.2, 0.25) is 0 Å². The molecule has 0 saturated carbocycles. The lowest BCUT2D eigenvalue weighted by atomic mass is 10.0. The van der Waals surface area contributed by atoms with Crippen molar-refractivity contribution in [3.05, 3.63) is 118 Å². The fourth-order valence-corrected chi connectivity index (χ4v) is 6.21. The molecule has 4 N–H and O–H groups in total. The summed E-state index contributed by atoms with van der Waals surface area (Å²) >= 11 is 0. The number of carbonyl (C=O) groups is 1. The molecule has 5 heterocycles. The fraction of sp³-hybridized carbons (Fsp3) is 0.156. The number of hydrogen-bond acceptors (Lipinski definition) is 7. The number of hydrogen-bond donors (Lipinski definition) is 3. The van der Waals surface area contributed by atoms with Crippen LogP contribution in [0.4, 0.5) is 5.82 Å². The highest BCUT2D eigenvalue weighted by atomic mass is 32.2. The number of aryl methyl sites for hydroxylation is 1. The van der Waals surface area contributed by atoms with Gasteiger partial charge in [-0.3, -0.25) is 23.6 Å². The van der Waals surface area contributed by atoms with E-state index in [1.54, 1.807) is 35.9 Å². The molecule has 6 aromatic rings. The Hall–Kier alpha value is -5.78. The van der Waals surface area contributed by atoms with E-state index in [2.05, 4.69) is 37.1 Å². The minimum absolute atomic E-state index is 0.115. The summed E-state index contributed by atoms with van der Waals surface area (Å²) in [4.78, 5) is 32.3. The van der Waals surface area contributed by atoms with E-state index in [0.29, 0.717) is 27.7 Å². The summed E-state index contributed by atoms with van der Waals surface area (Å²) in [6, 6.07) is 17.3. The zero-order valence-electron chi connectivity index (χ0n) is 24.5. The molecule has 14 heteroatoms. The molecule has 4 aromatic heterocycles. The predicted molar refractivity (Wildman–Crippen MR) is 172 cm³/mol. The number of nitrogens with zero attached hydrogens (tertiary/aromatic N) is 6. The second kappa shape index (κ2) is 11.3. The van der Waals surface area contributed by atoms with Crippen molar-refractivity contribution in [1.29, 1.82) is 0 Å². The molecule has 1 aliphatic heterocycles. The van der Waals surface area contributed by atoms with Crippen LogP contribution in [0.2, 0.25) is 0 Å². The number of rotatable bonds is 6. The van der Waals surface area contributed by atoms with Crippen LogP contribution in [0.3, 0.4) is 0 Å². The predicted octanol–water partition coefficient (Wildman–Crippen LogP) is 2.68. The third kappa shape index (κ3) is 5.27. The van der Waals surface area contributed by atoms with Crippen LogP contribution in [0.5, 0.6) is 0 Å². The van der Waals surface area contributed by atoms with Gasteiger partial charge in [0.1, 0.15) is 5.56 Å². The van der Waals surface area contributed by atoms with Gasteiger partial charge in [-0.2, -0.15) is 13.5 Å². The van der Waals surface area contributed by atoms with E-state index in [0.717, 1.165) is 30.6 Å². The summed E-state index contributed by atoms with van der Waals surface area (Å²) in [6.45, 7) is 2.61. The second-order valence-electron chi connectivity index (χ2n) is 10.9. The highest BCUT2D eigenvalue weighted by molar-refractivity contribution is 7.90. The van der Waals surface area contributed by atoms with E-state index in [1.807, 2.05) is 47.1 Å². The van der Waals surface area contributed by atoms with Gasteiger partial charge < -0.3 is 5.32 Å². The van der Waals surface area contributed by atoms with E-state index in [1.165, 1.54) is 16.9 Å². The van der Waals surface area contributed by atoms with Gasteiger partial charge >= 0.3 is 0 Å². The van der Waals surface area contributed by atoms with E-state index in [4.69, 9.17) is 5.14 Å². The van der Waals surface area contributed by atoms with Crippen molar-refractivity contribution in [2.45, 2.75) is 32.4 Å². The largest absolute Gasteiger partial charge is 0.344 e. The Bertz CT molecular complexity index is 2400. The summed E-state index contributed by atoms with van der Waals surface area (Å²) in [5, 5.41) is 17.7.